The Kier molecular flexibility index (Phi) is 6.57. The number of anilines is 1. The maximum Gasteiger partial charge on any atom is 0.220 e. The summed E-state index contributed by atoms with van der Waals surface area (Å²) < 4.78 is 1.90. The molecule has 26 heavy (non-hydrogen) atoms. The summed E-state index contributed by atoms with van der Waals surface area (Å²) in [6, 6.07) is 1.87. The first-order valence-electron chi connectivity index (χ1n) is 9.55. The molecule has 0 bridgehead atoms. The van der Waals surface area contributed by atoms with Gasteiger partial charge in [0.2, 0.25) is 5.91 Å². The Morgan fingerprint density at radius 1 is 1.19 bits per heavy atom. The lowest BCUT2D eigenvalue weighted by Gasteiger charge is -2.21. The van der Waals surface area contributed by atoms with Crippen molar-refractivity contribution in [2.75, 3.05) is 18.4 Å². The van der Waals surface area contributed by atoms with E-state index >= 15 is 0 Å². The van der Waals surface area contributed by atoms with Crippen molar-refractivity contribution in [2.45, 2.75) is 51.9 Å². The molecule has 3 rings (SSSR count). The number of aryl methyl sites for hydroxylation is 1. The van der Waals surface area contributed by atoms with E-state index in [1.165, 1.54) is 38.4 Å². The molecule has 140 valence electrons. The number of aromatic nitrogens is 4. The molecule has 2 aromatic heterocycles. The lowest BCUT2D eigenvalue weighted by molar-refractivity contribution is -0.121. The number of amides is 1. The second-order valence-electron chi connectivity index (χ2n) is 6.93. The quantitative estimate of drug-likeness (QED) is 0.711. The van der Waals surface area contributed by atoms with Crippen LogP contribution in [0.5, 0.6) is 0 Å². The van der Waals surface area contributed by atoms with E-state index in [9.17, 15) is 4.79 Å². The molecule has 2 N–H and O–H groups in total. The number of imidazole rings is 1. The Morgan fingerprint density at radius 2 is 2.04 bits per heavy atom. The van der Waals surface area contributed by atoms with Gasteiger partial charge in [-0.3, -0.25) is 9.36 Å². The normalized spacial score (nSPS) is 15.0. The Hall–Kier alpha value is -2.44. The molecule has 0 radical (unpaired) electrons. The van der Waals surface area contributed by atoms with Crippen LogP contribution in [0.25, 0.3) is 5.82 Å². The van der Waals surface area contributed by atoms with Gasteiger partial charge in [-0.05, 0) is 19.3 Å². The molecule has 0 atom stereocenters. The molecular weight excluding hydrogens is 328 g/mol. The number of hydrogen-bond donors (Lipinski definition) is 2. The first-order chi connectivity index (χ1) is 12.7. The van der Waals surface area contributed by atoms with Crippen LogP contribution < -0.4 is 10.6 Å². The predicted molar refractivity (Wildman–Crippen MR) is 101 cm³/mol. The molecule has 1 fully saturated rings. The highest BCUT2D eigenvalue weighted by Gasteiger charge is 2.14. The molecule has 7 heteroatoms. The SMILES string of the molecule is Cc1nccn1-c1cc(NCCNC(=O)CCC2CCCCC2)ncn1. The topological polar surface area (TPSA) is 84.7 Å². The van der Waals surface area contributed by atoms with Crippen LogP contribution in [0.15, 0.2) is 24.8 Å². The number of carbonyl (C=O) groups is 1. The van der Waals surface area contributed by atoms with Gasteiger partial charge in [-0.2, -0.15) is 0 Å². The molecular formula is C19H28N6O. The highest BCUT2D eigenvalue weighted by atomic mass is 16.1. The third-order valence-corrected chi connectivity index (χ3v) is 4.98. The molecule has 1 amide bonds. The monoisotopic (exact) mass is 356 g/mol. The van der Waals surface area contributed by atoms with Gasteiger partial charge in [0, 0.05) is 38.0 Å². The molecule has 1 saturated carbocycles. The Bertz CT molecular complexity index is 708. The van der Waals surface area contributed by atoms with Gasteiger partial charge in [0.1, 0.15) is 23.8 Å². The molecule has 0 aromatic carbocycles. The molecule has 0 unspecified atom stereocenters. The van der Waals surface area contributed by atoms with Gasteiger partial charge in [0.25, 0.3) is 0 Å². The van der Waals surface area contributed by atoms with Crippen molar-refractivity contribution in [1.82, 2.24) is 24.8 Å². The zero-order valence-electron chi connectivity index (χ0n) is 15.4. The molecule has 0 saturated heterocycles. The molecule has 7 nitrogen and oxygen atoms in total. The van der Waals surface area contributed by atoms with Crippen molar-refractivity contribution < 1.29 is 4.79 Å². The summed E-state index contributed by atoms with van der Waals surface area (Å²) in [4.78, 5) is 24.7. The van der Waals surface area contributed by atoms with Crippen molar-refractivity contribution >= 4 is 11.7 Å². The minimum atomic E-state index is 0.148. The third kappa shape index (κ3) is 5.28. The van der Waals surface area contributed by atoms with Gasteiger partial charge in [-0.15, -0.1) is 0 Å². The van der Waals surface area contributed by atoms with Crippen LogP contribution in [-0.4, -0.2) is 38.5 Å². The van der Waals surface area contributed by atoms with E-state index in [0.717, 1.165) is 29.8 Å². The first kappa shape index (κ1) is 18.4. The summed E-state index contributed by atoms with van der Waals surface area (Å²) >= 11 is 0. The van der Waals surface area contributed by atoms with Crippen molar-refractivity contribution in [1.29, 1.82) is 0 Å². The lowest BCUT2D eigenvalue weighted by atomic mass is 9.86. The molecule has 2 heterocycles. The molecule has 1 aliphatic rings. The maximum absolute atomic E-state index is 12.0. The highest BCUT2D eigenvalue weighted by molar-refractivity contribution is 5.75. The van der Waals surface area contributed by atoms with E-state index in [0.29, 0.717) is 19.5 Å². The van der Waals surface area contributed by atoms with E-state index in [2.05, 4.69) is 25.6 Å². The lowest BCUT2D eigenvalue weighted by Crippen LogP contribution is -2.29. The van der Waals surface area contributed by atoms with Crippen molar-refractivity contribution in [3.05, 3.63) is 30.6 Å². The second kappa shape index (κ2) is 9.31. The summed E-state index contributed by atoms with van der Waals surface area (Å²) in [6.45, 7) is 3.15. The second-order valence-corrected chi connectivity index (χ2v) is 6.93. The number of hydrogen-bond acceptors (Lipinski definition) is 5. The van der Waals surface area contributed by atoms with Crippen molar-refractivity contribution in [3.8, 4) is 5.82 Å². The van der Waals surface area contributed by atoms with Crippen LogP contribution >= 0.6 is 0 Å². The van der Waals surface area contributed by atoms with Crippen LogP contribution in [0.4, 0.5) is 5.82 Å². The third-order valence-electron chi connectivity index (χ3n) is 4.98. The van der Waals surface area contributed by atoms with Crippen LogP contribution in [0.3, 0.4) is 0 Å². The van der Waals surface area contributed by atoms with Crippen molar-refractivity contribution in [2.24, 2.45) is 5.92 Å². The van der Waals surface area contributed by atoms with E-state index in [1.54, 1.807) is 6.20 Å². The van der Waals surface area contributed by atoms with Crippen LogP contribution in [0.2, 0.25) is 0 Å². The minimum absolute atomic E-state index is 0.148. The van der Waals surface area contributed by atoms with E-state index in [-0.39, 0.29) is 5.91 Å². The summed E-state index contributed by atoms with van der Waals surface area (Å²) in [5.74, 6) is 3.28. The van der Waals surface area contributed by atoms with Crippen LogP contribution in [0, 0.1) is 12.8 Å². The fourth-order valence-corrected chi connectivity index (χ4v) is 3.49. The van der Waals surface area contributed by atoms with Gasteiger partial charge >= 0.3 is 0 Å². The number of nitrogens with one attached hydrogen (secondary N) is 2. The van der Waals surface area contributed by atoms with Crippen LogP contribution in [0.1, 0.15) is 50.8 Å². The minimum Gasteiger partial charge on any atom is -0.368 e. The predicted octanol–water partition coefficient (Wildman–Crippen LogP) is 2.86. The Morgan fingerprint density at radius 3 is 2.81 bits per heavy atom. The van der Waals surface area contributed by atoms with Crippen molar-refractivity contribution in [3.63, 3.8) is 0 Å². The Balaban J connectivity index is 1.37. The highest BCUT2D eigenvalue weighted by Crippen LogP contribution is 2.27. The molecule has 0 aliphatic heterocycles. The van der Waals surface area contributed by atoms with Gasteiger partial charge in [-0.1, -0.05) is 32.1 Å². The van der Waals surface area contributed by atoms with E-state index < -0.39 is 0 Å². The van der Waals surface area contributed by atoms with Gasteiger partial charge < -0.3 is 10.6 Å². The smallest absolute Gasteiger partial charge is 0.220 e. The van der Waals surface area contributed by atoms with Gasteiger partial charge in [0.05, 0.1) is 0 Å². The van der Waals surface area contributed by atoms with Crippen LogP contribution in [-0.2, 0) is 4.79 Å². The molecule has 0 spiro atoms. The zero-order chi connectivity index (χ0) is 18.2. The number of carbonyl (C=O) groups excluding carboxylic acids is 1. The average Bonchev–Trinajstić information content (AvgIpc) is 3.11. The summed E-state index contributed by atoms with van der Waals surface area (Å²) in [7, 11) is 0. The van der Waals surface area contributed by atoms with Gasteiger partial charge in [0.15, 0.2) is 0 Å². The number of rotatable bonds is 8. The summed E-state index contributed by atoms with van der Waals surface area (Å²) in [5, 5.41) is 6.21. The first-order valence-corrected chi connectivity index (χ1v) is 9.55. The molecule has 2 aromatic rings. The fraction of sp³-hybridized carbons (Fsp3) is 0.579. The summed E-state index contributed by atoms with van der Waals surface area (Å²) in [5.41, 5.74) is 0. The molecule has 1 aliphatic carbocycles. The summed E-state index contributed by atoms with van der Waals surface area (Å²) in [6.07, 6.45) is 13.4. The average molecular weight is 356 g/mol. The Labute approximate surface area is 154 Å². The largest absolute Gasteiger partial charge is 0.368 e. The van der Waals surface area contributed by atoms with E-state index in [1.807, 2.05) is 23.8 Å². The standard InChI is InChI=1S/C19H28N6O/c1-15-20-11-12-25(15)18-13-17(23-14-24-18)21-9-10-22-19(26)8-7-16-5-3-2-4-6-16/h11-14,16H,2-10H2,1H3,(H,22,26)(H,21,23,24). The van der Waals surface area contributed by atoms with Gasteiger partial charge in [-0.25, -0.2) is 15.0 Å². The number of nitrogens with zero attached hydrogens (tertiary/aromatic N) is 4. The maximum atomic E-state index is 12.0. The zero-order valence-corrected chi connectivity index (χ0v) is 15.4. The van der Waals surface area contributed by atoms with E-state index in [4.69, 9.17) is 0 Å². The fourth-order valence-electron chi connectivity index (χ4n) is 3.49.